The largest absolute Gasteiger partial charge is 2.00 e. The fourth-order valence-corrected chi connectivity index (χ4v) is 3.70. The SMILES string of the molecule is O=C(O)CCC(C(=O)[O-])N1CCOCCN(C(CCC(=O)O)C(=O)[O-])Cc2cccc(n2)C1.[Mn+2]. The summed E-state index contributed by atoms with van der Waals surface area (Å²) in [4.78, 5) is 52.8. The maximum atomic E-state index is 11.7. The zero-order valence-corrected chi connectivity index (χ0v) is 19.6. The van der Waals surface area contributed by atoms with Crippen LogP contribution in [0.15, 0.2) is 18.2 Å². The van der Waals surface area contributed by atoms with Crippen molar-refractivity contribution in [2.45, 2.75) is 50.9 Å². The number of carbonyl (C=O) groups excluding carboxylic acids is 2. The Labute approximate surface area is 207 Å². The number of nitrogens with zero attached hydrogens (tertiary/aromatic N) is 3. The van der Waals surface area contributed by atoms with Gasteiger partial charge in [-0.05, 0) is 25.0 Å². The monoisotopic (exact) mass is 520 g/mol. The second kappa shape index (κ2) is 14.6. The molecule has 2 unspecified atom stereocenters. The molecule has 1 aliphatic rings. The van der Waals surface area contributed by atoms with Crippen molar-refractivity contribution >= 4 is 23.9 Å². The summed E-state index contributed by atoms with van der Waals surface area (Å²) in [6, 6.07) is 2.77. The van der Waals surface area contributed by atoms with Crippen LogP contribution in [0.5, 0.6) is 0 Å². The number of fused-ring (bicyclic) bond motifs is 2. The fourth-order valence-electron chi connectivity index (χ4n) is 3.70. The molecule has 0 aromatic carbocycles. The van der Waals surface area contributed by atoms with Crippen LogP contribution >= 0.6 is 0 Å². The molecule has 0 saturated heterocycles. The normalized spacial score (nSPS) is 17.3. The second-order valence-electron chi connectivity index (χ2n) is 7.71. The van der Waals surface area contributed by atoms with Crippen LogP contribution < -0.4 is 10.2 Å². The van der Waals surface area contributed by atoms with Crippen molar-refractivity contribution in [2.75, 3.05) is 26.3 Å². The Bertz CT molecular complexity index is 791. The van der Waals surface area contributed by atoms with Gasteiger partial charge in [0, 0.05) is 39.0 Å². The number of rotatable bonds is 10. The van der Waals surface area contributed by atoms with Crippen molar-refractivity contribution < 1.29 is 61.4 Å². The van der Waals surface area contributed by atoms with E-state index in [4.69, 9.17) is 14.9 Å². The summed E-state index contributed by atoms with van der Waals surface area (Å²) in [5.41, 5.74) is 1.01. The molecule has 2 atom stereocenters. The minimum absolute atomic E-state index is 0. The number of carboxylic acids is 4. The molecule has 1 aliphatic heterocycles. The third-order valence-corrected chi connectivity index (χ3v) is 5.33. The summed E-state index contributed by atoms with van der Waals surface area (Å²) in [6.45, 7) is 0.724. The quantitative estimate of drug-likeness (QED) is 0.315. The second-order valence-corrected chi connectivity index (χ2v) is 7.71. The van der Waals surface area contributed by atoms with Gasteiger partial charge in [-0.15, -0.1) is 0 Å². The molecule has 0 fully saturated rings. The summed E-state index contributed by atoms with van der Waals surface area (Å²) in [6.07, 6.45) is -0.942. The van der Waals surface area contributed by atoms with Crippen LogP contribution in [0, 0.1) is 0 Å². The maximum absolute atomic E-state index is 11.7. The van der Waals surface area contributed by atoms with E-state index in [2.05, 4.69) is 4.98 Å². The van der Waals surface area contributed by atoms with Crippen LogP contribution in [0.25, 0.3) is 0 Å². The first kappa shape index (κ1) is 29.5. The molecule has 2 rings (SSSR count). The topological polar surface area (TPSA) is 183 Å². The average Bonchev–Trinajstić information content (AvgIpc) is 2.71. The Morgan fingerprint density at radius 2 is 1.29 bits per heavy atom. The smallest absolute Gasteiger partial charge is 0.548 e. The Kier molecular flexibility index (Phi) is 12.7. The first-order valence-corrected chi connectivity index (χ1v) is 10.5. The van der Waals surface area contributed by atoms with Crippen LogP contribution in [0.1, 0.15) is 37.1 Å². The number of carbonyl (C=O) groups is 4. The van der Waals surface area contributed by atoms with Gasteiger partial charge in [0.2, 0.25) is 0 Å². The first-order chi connectivity index (χ1) is 15.7. The molecule has 2 bridgehead atoms. The van der Waals surface area contributed by atoms with Crippen LogP contribution in [-0.4, -0.2) is 87.3 Å². The minimum Gasteiger partial charge on any atom is -0.548 e. The van der Waals surface area contributed by atoms with Gasteiger partial charge in [0.05, 0.1) is 48.6 Å². The fraction of sp³-hybridized carbons (Fsp3) is 0.571. The van der Waals surface area contributed by atoms with Crippen LogP contribution in [0.3, 0.4) is 0 Å². The van der Waals surface area contributed by atoms with Gasteiger partial charge in [0.15, 0.2) is 0 Å². The molecule has 34 heavy (non-hydrogen) atoms. The zero-order chi connectivity index (χ0) is 24.4. The zero-order valence-electron chi connectivity index (χ0n) is 18.4. The summed E-state index contributed by atoms with van der Waals surface area (Å²) in [7, 11) is 0. The molecule has 0 spiro atoms. The van der Waals surface area contributed by atoms with Gasteiger partial charge in [-0.3, -0.25) is 24.4 Å². The van der Waals surface area contributed by atoms with Crippen molar-refractivity contribution in [2.24, 2.45) is 0 Å². The van der Waals surface area contributed by atoms with Crippen molar-refractivity contribution in [3.8, 4) is 0 Å². The standard InChI is InChI=1S/C21H29N3O9.Mn/c25-18(26)6-4-16(20(29)30)23-8-10-33-11-9-24(17(21(31)32)5-7-19(27)28)13-15-3-1-2-14(12-23)22-15;/h1-3,16-17H,4-13H2,(H,25,26)(H,27,28)(H,29,30)(H,31,32);/q;+2/p-2. The number of aromatic nitrogens is 1. The van der Waals surface area contributed by atoms with Gasteiger partial charge >= 0.3 is 29.0 Å². The van der Waals surface area contributed by atoms with E-state index in [9.17, 15) is 29.4 Å². The molecule has 1 radical (unpaired) electrons. The molecule has 187 valence electrons. The van der Waals surface area contributed by atoms with E-state index in [1.54, 1.807) is 28.0 Å². The molecule has 1 aromatic rings. The summed E-state index contributed by atoms with van der Waals surface area (Å²) in [5, 5.41) is 41.2. The van der Waals surface area contributed by atoms with E-state index in [1.165, 1.54) is 0 Å². The number of hydrogen-bond acceptors (Lipinski definition) is 10. The van der Waals surface area contributed by atoms with E-state index in [1.807, 2.05) is 0 Å². The Morgan fingerprint density at radius 3 is 1.65 bits per heavy atom. The number of hydrogen-bond donors (Lipinski definition) is 2. The predicted octanol–water partition coefficient (Wildman–Crippen LogP) is -2.32. The summed E-state index contributed by atoms with van der Waals surface area (Å²) in [5.74, 6) is -5.00. The van der Waals surface area contributed by atoms with Crippen LogP contribution in [0.4, 0.5) is 0 Å². The molecule has 13 heteroatoms. The summed E-state index contributed by atoms with van der Waals surface area (Å²) >= 11 is 0. The molecule has 0 aliphatic carbocycles. The predicted molar refractivity (Wildman–Crippen MR) is 107 cm³/mol. The number of ether oxygens (including phenoxy) is 1. The minimum atomic E-state index is -1.39. The molecular weight excluding hydrogens is 493 g/mol. The van der Waals surface area contributed by atoms with E-state index < -0.39 is 36.0 Å². The Hall–Kier alpha value is -2.57. The van der Waals surface area contributed by atoms with E-state index in [-0.39, 0.29) is 82.1 Å². The molecular formula is C21H27MnN3O9. The third-order valence-electron chi connectivity index (χ3n) is 5.33. The maximum Gasteiger partial charge on any atom is 2.00 e. The van der Waals surface area contributed by atoms with Crippen molar-refractivity contribution in [1.82, 2.24) is 14.8 Å². The summed E-state index contributed by atoms with van der Waals surface area (Å²) < 4.78 is 5.58. The van der Waals surface area contributed by atoms with Gasteiger partial charge in [-0.1, -0.05) is 6.07 Å². The number of pyridine rings is 1. The molecule has 2 N–H and O–H groups in total. The van der Waals surface area contributed by atoms with Crippen molar-refractivity contribution in [1.29, 1.82) is 0 Å². The van der Waals surface area contributed by atoms with Crippen LogP contribution in [-0.2, 0) is 54.1 Å². The van der Waals surface area contributed by atoms with Gasteiger partial charge in [-0.25, -0.2) is 0 Å². The Balaban J connectivity index is 0.00000578. The van der Waals surface area contributed by atoms with E-state index in [0.29, 0.717) is 11.4 Å². The van der Waals surface area contributed by atoms with Crippen LogP contribution in [0.2, 0.25) is 0 Å². The van der Waals surface area contributed by atoms with Crippen molar-refractivity contribution in [3.05, 3.63) is 29.6 Å². The number of aliphatic carboxylic acids is 4. The van der Waals surface area contributed by atoms with Gasteiger partial charge in [0.25, 0.3) is 0 Å². The number of carboxylic acid groups (broad SMARTS) is 4. The molecule has 1 aromatic heterocycles. The molecule has 2 heterocycles. The van der Waals surface area contributed by atoms with E-state index >= 15 is 0 Å². The Morgan fingerprint density at radius 1 is 0.882 bits per heavy atom. The third kappa shape index (κ3) is 9.74. The average molecular weight is 520 g/mol. The molecule has 0 amide bonds. The van der Waals surface area contributed by atoms with Gasteiger partial charge < -0.3 is 34.8 Å². The van der Waals surface area contributed by atoms with E-state index in [0.717, 1.165) is 0 Å². The van der Waals surface area contributed by atoms with Gasteiger partial charge in [0.1, 0.15) is 0 Å². The van der Waals surface area contributed by atoms with Gasteiger partial charge in [-0.2, -0.15) is 0 Å². The molecule has 12 nitrogen and oxygen atoms in total. The first-order valence-electron chi connectivity index (χ1n) is 10.5. The molecule has 0 saturated carbocycles. The van der Waals surface area contributed by atoms with Crippen molar-refractivity contribution in [3.63, 3.8) is 0 Å².